The molecule has 0 unspecified atom stereocenters. The first-order chi connectivity index (χ1) is 9.98. The maximum atomic E-state index is 9.76. The van der Waals surface area contributed by atoms with Crippen LogP contribution in [0.5, 0.6) is 5.75 Å². The molecule has 2 aromatic carbocycles. The third-order valence-corrected chi connectivity index (χ3v) is 5.78. The van der Waals surface area contributed by atoms with Crippen molar-refractivity contribution in [3.05, 3.63) is 59.7 Å². The minimum Gasteiger partial charge on any atom is -0.508 e. The van der Waals surface area contributed by atoms with Gasteiger partial charge in [0.2, 0.25) is 0 Å². The summed E-state index contributed by atoms with van der Waals surface area (Å²) in [6, 6.07) is 16.2. The van der Waals surface area contributed by atoms with E-state index in [1.165, 1.54) is 16.0 Å². The van der Waals surface area contributed by atoms with Gasteiger partial charge in [-0.3, -0.25) is 0 Å². The molecule has 0 bridgehead atoms. The van der Waals surface area contributed by atoms with E-state index in [1.807, 2.05) is 30.0 Å². The van der Waals surface area contributed by atoms with Crippen LogP contribution in [-0.4, -0.2) is 16.4 Å². The van der Waals surface area contributed by atoms with Crippen molar-refractivity contribution in [3.8, 4) is 5.75 Å². The van der Waals surface area contributed by atoms with Gasteiger partial charge in [-0.1, -0.05) is 38.1 Å². The molecular formula is C18H21NOS. The lowest BCUT2D eigenvalue weighted by Crippen LogP contribution is -2.52. The van der Waals surface area contributed by atoms with E-state index in [0.29, 0.717) is 11.0 Å². The highest BCUT2D eigenvalue weighted by Crippen LogP contribution is 2.43. The van der Waals surface area contributed by atoms with Gasteiger partial charge in [-0.25, -0.2) is 0 Å². The second-order valence-electron chi connectivity index (χ2n) is 6.26. The van der Waals surface area contributed by atoms with Gasteiger partial charge < -0.3 is 10.8 Å². The third kappa shape index (κ3) is 2.68. The first-order valence-electron chi connectivity index (χ1n) is 7.28. The average molecular weight is 299 g/mol. The average Bonchev–Trinajstić information content (AvgIpc) is 2.47. The first kappa shape index (κ1) is 14.5. The van der Waals surface area contributed by atoms with E-state index in [4.69, 9.17) is 5.73 Å². The minimum atomic E-state index is -0.140. The van der Waals surface area contributed by atoms with Gasteiger partial charge in [0.05, 0.1) is 0 Å². The van der Waals surface area contributed by atoms with Crippen molar-refractivity contribution >= 4 is 11.8 Å². The second kappa shape index (κ2) is 5.39. The normalized spacial score (nSPS) is 23.6. The lowest BCUT2D eigenvalue weighted by Gasteiger charge is -2.43. The van der Waals surface area contributed by atoms with E-state index in [-0.39, 0.29) is 11.5 Å². The Hall–Kier alpha value is -1.45. The predicted octanol–water partition coefficient (Wildman–Crippen LogP) is 3.71. The van der Waals surface area contributed by atoms with Gasteiger partial charge in [-0.2, -0.15) is 0 Å². The predicted molar refractivity (Wildman–Crippen MR) is 88.9 cm³/mol. The Kier molecular flexibility index (Phi) is 3.72. The van der Waals surface area contributed by atoms with Crippen LogP contribution in [0.1, 0.15) is 25.0 Å². The van der Waals surface area contributed by atoms with Crippen molar-refractivity contribution in [1.82, 2.24) is 0 Å². The molecule has 0 fully saturated rings. The number of nitrogens with two attached hydrogens (primary N) is 1. The standard InChI is InChI=1S/C18H21NOS/c1-18(2)15-11-13(20)9-8-12(15)10-16(17(18)19)21-14-6-4-3-5-7-14/h3-9,11,16-17,20H,10,19H2,1-2H3/t16-,17+/m1/s1. The van der Waals surface area contributed by atoms with Gasteiger partial charge in [0.25, 0.3) is 0 Å². The summed E-state index contributed by atoms with van der Waals surface area (Å²) < 4.78 is 0. The Bertz CT molecular complexity index is 639. The molecule has 1 aliphatic rings. The number of rotatable bonds is 2. The van der Waals surface area contributed by atoms with Gasteiger partial charge in [-0.05, 0) is 41.8 Å². The first-order valence-corrected chi connectivity index (χ1v) is 8.16. The van der Waals surface area contributed by atoms with Crippen molar-refractivity contribution in [2.45, 2.75) is 41.9 Å². The Labute approximate surface area is 130 Å². The van der Waals surface area contributed by atoms with Crippen LogP contribution in [0.2, 0.25) is 0 Å². The monoisotopic (exact) mass is 299 g/mol. The molecule has 0 heterocycles. The van der Waals surface area contributed by atoms with Gasteiger partial charge in [-0.15, -0.1) is 11.8 Å². The van der Waals surface area contributed by atoms with Crippen LogP contribution in [0.3, 0.4) is 0 Å². The van der Waals surface area contributed by atoms with Gasteiger partial charge >= 0.3 is 0 Å². The molecule has 3 N–H and O–H groups in total. The molecule has 3 heteroatoms. The molecule has 0 spiro atoms. The molecular weight excluding hydrogens is 278 g/mol. The fourth-order valence-corrected chi connectivity index (χ4v) is 4.53. The number of phenolic OH excluding ortho intramolecular Hbond substituents is 1. The fourth-order valence-electron chi connectivity index (χ4n) is 3.12. The van der Waals surface area contributed by atoms with Crippen molar-refractivity contribution in [1.29, 1.82) is 0 Å². The molecule has 2 atom stereocenters. The summed E-state index contributed by atoms with van der Waals surface area (Å²) in [6.45, 7) is 4.35. The van der Waals surface area contributed by atoms with Crippen molar-refractivity contribution in [3.63, 3.8) is 0 Å². The molecule has 0 radical (unpaired) electrons. The molecule has 3 rings (SSSR count). The highest BCUT2D eigenvalue weighted by Gasteiger charge is 2.40. The molecule has 1 aliphatic carbocycles. The Morgan fingerprint density at radius 3 is 2.57 bits per heavy atom. The summed E-state index contributed by atoms with van der Waals surface area (Å²) >= 11 is 1.86. The van der Waals surface area contributed by atoms with E-state index in [0.717, 1.165) is 6.42 Å². The van der Waals surface area contributed by atoms with Crippen LogP contribution in [0.4, 0.5) is 0 Å². The zero-order chi connectivity index (χ0) is 15.0. The molecule has 2 nitrogen and oxygen atoms in total. The summed E-state index contributed by atoms with van der Waals surface area (Å²) in [7, 11) is 0. The number of thioether (sulfide) groups is 1. The van der Waals surface area contributed by atoms with Gasteiger partial charge in [0, 0.05) is 21.6 Å². The van der Waals surface area contributed by atoms with Crippen molar-refractivity contribution < 1.29 is 5.11 Å². The number of hydrogen-bond acceptors (Lipinski definition) is 3. The van der Waals surface area contributed by atoms with Crippen LogP contribution in [-0.2, 0) is 11.8 Å². The van der Waals surface area contributed by atoms with E-state index in [1.54, 1.807) is 6.07 Å². The molecule has 2 aromatic rings. The van der Waals surface area contributed by atoms with E-state index in [9.17, 15) is 5.11 Å². The molecule has 0 amide bonds. The largest absolute Gasteiger partial charge is 0.508 e. The lowest BCUT2D eigenvalue weighted by molar-refractivity contribution is 0.369. The van der Waals surface area contributed by atoms with Crippen LogP contribution in [0.25, 0.3) is 0 Å². The Morgan fingerprint density at radius 1 is 1.14 bits per heavy atom. The number of fused-ring (bicyclic) bond motifs is 1. The van der Waals surface area contributed by atoms with Gasteiger partial charge in [0.15, 0.2) is 0 Å². The van der Waals surface area contributed by atoms with E-state index in [2.05, 4.69) is 38.1 Å². The quantitative estimate of drug-likeness (QED) is 0.888. The molecule has 0 saturated carbocycles. The van der Waals surface area contributed by atoms with E-state index < -0.39 is 0 Å². The number of phenols is 1. The zero-order valence-corrected chi connectivity index (χ0v) is 13.2. The van der Waals surface area contributed by atoms with Gasteiger partial charge in [0.1, 0.15) is 5.75 Å². The van der Waals surface area contributed by atoms with Crippen molar-refractivity contribution in [2.24, 2.45) is 5.73 Å². The highest BCUT2D eigenvalue weighted by atomic mass is 32.2. The maximum absolute atomic E-state index is 9.76. The lowest BCUT2D eigenvalue weighted by atomic mass is 9.69. The maximum Gasteiger partial charge on any atom is 0.115 e. The number of hydrogen-bond donors (Lipinski definition) is 2. The third-order valence-electron chi connectivity index (χ3n) is 4.47. The second-order valence-corrected chi connectivity index (χ2v) is 7.58. The molecule has 110 valence electrons. The topological polar surface area (TPSA) is 46.2 Å². The summed E-state index contributed by atoms with van der Waals surface area (Å²) in [5.41, 5.74) is 8.91. The molecule has 0 aromatic heterocycles. The van der Waals surface area contributed by atoms with Crippen LogP contribution >= 0.6 is 11.8 Å². The van der Waals surface area contributed by atoms with E-state index >= 15 is 0 Å². The zero-order valence-electron chi connectivity index (χ0n) is 12.4. The summed E-state index contributed by atoms with van der Waals surface area (Å²) in [5, 5.41) is 10.1. The summed E-state index contributed by atoms with van der Waals surface area (Å²) in [6.07, 6.45) is 0.944. The highest BCUT2D eigenvalue weighted by molar-refractivity contribution is 8.00. The fraction of sp³-hybridized carbons (Fsp3) is 0.333. The van der Waals surface area contributed by atoms with Crippen molar-refractivity contribution in [2.75, 3.05) is 0 Å². The SMILES string of the molecule is CC1(C)c2cc(O)ccc2C[C@@H](Sc2ccccc2)[C@@H]1N. The molecule has 0 aliphatic heterocycles. The Morgan fingerprint density at radius 2 is 1.86 bits per heavy atom. The van der Waals surface area contributed by atoms with Crippen LogP contribution < -0.4 is 5.73 Å². The Balaban J connectivity index is 1.94. The van der Waals surface area contributed by atoms with Crippen LogP contribution in [0.15, 0.2) is 53.4 Å². The summed E-state index contributed by atoms with van der Waals surface area (Å²) in [4.78, 5) is 1.26. The summed E-state index contributed by atoms with van der Waals surface area (Å²) in [5.74, 6) is 0.322. The minimum absolute atomic E-state index is 0.0528. The molecule has 21 heavy (non-hydrogen) atoms. The smallest absolute Gasteiger partial charge is 0.115 e. The number of aromatic hydroxyl groups is 1. The number of benzene rings is 2. The van der Waals surface area contributed by atoms with Crippen LogP contribution in [0, 0.1) is 0 Å². The molecule has 0 saturated heterocycles.